The molecule has 0 amide bonds. The van der Waals surface area contributed by atoms with Gasteiger partial charge in [0.05, 0.1) is 0 Å². The molecule has 0 aromatic heterocycles. The molecule has 1 saturated heterocycles. The van der Waals surface area contributed by atoms with Crippen LogP contribution in [0.3, 0.4) is 0 Å². The lowest BCUT2D eigenvalue weighted by Crippen LogP contribution is -2.38. The third kappa shape index (κ3) is 2.54. The third-order valence-corrected chi connectivity index (χ3v) is 5.08. The van der Waals surface area contributed by atoms with E-state index in [1.165, 1.54) is 24.8 Å². The van der Waals surface area contributed by atoms with Gasteiger partial charge in [-0.2, -0.15) is 0 Å². The molecule has 1 aliphatic carbocycles. The number of nitrogens with two attached hydrogens (primary N) is 1. The van der Waals surface area contributed by atoms with Crippen molar-refractivity contribution in [3.05, 3.63) is 35.6 Å². The molecule has 1 saturated carbocycles. The number of halogens is 1. The molecule has 2 fully saturated rings. The van der Waals surface area contributed by atoms with E-state index >= 15 is 0 Å². The molecule has 1 aliphatic heterocycles. The second-order valence-electron chi connectivity index (χ2n) is 6.20. The minimum absolute atomic E-state index is 0.159. The first-order chi connectivity index (χ1) is 9.15. The molecule has 0 spiro atoms. The summed E-state index contributed by atoms with van der Waals surface area (Å²) in [4.78, 5) is 2.52. The second-order valence-corrected chi connectivity index (χ2v) is 6.20. The van der Waals surface area contributed by atoms with Crippen LogP contribution in [0.5, 0.6) is 0 Å². The van der Waals surface area contributed by atoms with Crippen LogP contribution in [0.4, 0.5) is 4.39 Å². The molecule has 2 nitrogen and oxygen atoms in total. The minimum atomic E-state index is -0.159. The molecular weight excluding hydrogens is 239 g/mol. The van der Waals surface area contributed by atoms with Crippen LogP contribution in [0, 0.1) is 17.7 Å². The standard InChI is InChI=1S/C16H23FN2/c1-11(12-5-7-14(17)8-6-12)19-9-13-3-2-4-16(18)15(13)10-19/h5-8,11,13,15-16H,2-4,9-10,18H2,1H3. The maximum absolute atomic E-state index is 13.0. The van der Waals surface area contributed by atoms with E-state index in [9.17, 15) is 4.39 Å². The van der Waals surface area contributed by atoms with Crippen molar-refractivity contribution in [1.29, 1.82) is 0 Å². The van der Waals surface area contributed by atoms with Crippen LogP contribution in [0.2, 0.25) is 0 Å². The number of hydrogen-bond donors (Lipinski definition) is 1. The Morgan fingerprint density at radius 1 is 1.21 bits per heavy atom. The largest absolute Gasteiger partial charge is 0.327 e. The van der Waals surface area contributed by atoms with E-state index < -0.39 is 0 Å². The van der Waals surface area contributed by atoms with Crippen molar-refractivity contribution < 1.29 is 4.39 Å². The first kappa shape index (κ1) is 13.1. The molecule has 1 heterocycles. The van der Waals surface area contributed by atoms with Gasteiger partial charge < -0.3 is 5.73 Å². The quantitative estimate of drug-likeness (QED) is 0.888. The van der Waals surface area contributed by atoms with Crippen molar-refractivity contribution in [1.82, 2.24) is 4.90 Å². The number of rotatable bonds is 2. The van der Waals surface area contributed by atoms with E-state index in [-0.39, 0.29) is 5.82 Å². The van der Waals surface area contributed by atoms with Gasteiger partial charge in [-0.25, -0.2) is 4.39 Å². The van der Waals surface area contributed by atoms with Crippen LogP contribution < -0.4 is 5.73 Å². The first-order valence-electron chi connectivity index (χ1n) is 7.40. The Hall–Kier alpha value is -0.930. The van der Waals surface area contributed by atoms with E-state index in [1.807, 2.05) is 12.1 Å². The van der Waals surface area contributed by atoms with Gasteiger partial charge in [0, 0.05) is 25.2 Å². The molecule has 3 rings (SSSR count). The maximum Gasteiger partial charge on any atom is 0.123 e. The van der Waals surface area contributed by atoms with Gasteiger partial charge in [0.1, 0.15) is 5.82 Å². The molecule has 0 bridgehead atoms. The van der Waals surface area contributed by atoms with E-state index in [0.29, 0.717) is 18.0 Å². The fourth-order valence-electron chi connectivity index (χ4n) is 3.82. The maximum atomic E-state index is 13.0. The summed E-state index contributed by atoms with van der Waals surface area (Å²) in [6.07, 6.45) is 3.78. The highest BCUT2D eigenvalue weighted by Crippen LogP contribution is 2.38. The molecule has 104 valence electrons. The van der Waals surface area contributed by atoms with E-state index in [2.05, 4.69) is 11.8 Å². The van der Waals surface area contributed by atoms with Gasteiger partial charge >= 0.3 is 0 Å². The van der Waals surface area contributed by atoms with E-state index in [4.69, 9.17) is 5.73 Å². The van der Waals surface area contributed by atoms with Gasteiger partial charge in [-0.15, -0.1) is 0 Å². The Labute approximate surface area is 114 Å². The number of benzene rings is 1. The summed E-state index contributed by atoms with van der Waals surface area (Å²) >= 11 is 0. The zero-order valence-corrected chi connectivity index (χ0v) is 11.6. The number of nitrogens with zero attached hydrogens (tertiary/aromatic N) is 1. The van der Waals surface area contributed by atoms with Crippen LogP contribution in [0.15, 0.2) is 24.3 Å². The number of fused-ring (bicyclic) bond motifs is 1. The Kier molecular flexibility index (Phi) is 3.59. The predicted octanol–water partition coefficient (Wildman–Crippen LogP) is 2.95. The molecule has 1 aromatic carbocycles. The monoisotopic (exact) mass is 262 g/mol. The molecule has 1 aromatic rings. The Bertz CT molecular complexity index is 431. The lowest BCUT2D eigenvalue weighted by atomic mass is 9.78. The lowest BCUT2D eigenvalue weighted by molar-refractivity contribution is 0.245. The topological polar surface area (TPSA) is 29.3 Å². The van der Waals surface area contributed by atoms with Crippen LogP contribution >= 0.6 is 0 Å². The highest BCUT2D eigenvalue weighted by Gasteiger charge is 2.40. The average Bonchev–Trinajstić information content (AvgIpc) is 2.84. The highest BCUT2D eigenvalue weighted by molar-refractivity contribution is 5.20. The molecule has 3 heteroatoms. The molecule has 4 unspecified atom stereocenters. The van der Waals surface area contributed by atoms with Crippen LogP contribution in [-0.2, 0) is 0 Å². The summed E-state index contributed by atoms with van der Waals surface area (Å²) in [7, 11) is 0. The van der Waals surface area contributed by atoms with Crippen LogP contribution in [-0.4, -0.2) is 24.0 Å². The normalized spacial score (nSPS) is 33.1. The van der Waals surface area contributed by atoms with Crippen molar-refractivity contribution in [3.63, 3.8) is 0 Å². The van der Waals surface area contributed by atoms with Gasteiger partial charge in [0.25, 0.3) is 0 Å². The highest BCUT2D eigenvalue weighted by atomic mass is 19.1. The second kappa shape index (κ2) is 5.22. The van der Waals surface area contributed by atoms with Crippen molar-refractivity contribution in [2.45, 2.75) is 38.3 Å². The summed E-state index contributed by atoms with van der Waals surface area (Å²) in [5.74, 6) is 1.27. The van der Waals surface area contributed by atoms with Gasteiger partial charge in [0.2, 0.25) is 0 Å². The van der Waals surface area contributed by atoms with Crippen molar-refractivity contribution >= 4 is 0 Å². The average molecular weight is 262 g/mol. The minimum Gasteiger partial charge on any atom is -0.327 e. The van der Waals surface area contributed by atoms with Gasteiger partial charge in [0.15, 0.2) is 0 Å². The number of hydrogen-bond acceptors (Lipinski definition) is 2. The molecule has 4 atom stereocenters. The zero-order chi connectivity index (χ0) is 13.4. The van der Waals surface area contributed by atoms with Gasteiger partial charge in [-0.1, -0.05) is 18.6 Å². The number of likely N-dealkylation sites (tertiary alicyclic amines) is 1. The fraction of sp³-hybridized carbons (Fsp3) is 0.625. The molecule has 0 radical (unpaired) electrons. The predicted molar refractivity (Wildman–Crippen MR) is 75.2 cm³/mol. The van der Waals surface area contributed by atoms with Crippen LogP contribution in [0.1, 0.15) is 37.8 Å². The summed E-state index contributed by atoms with van der Waals surface area (Å²) < 4.78 is 13.0. The Morgan fingerprint density at radius 3 is 2.63 bits per heavy atom. The van der Waals surface area contributed by atoms with Crippen molar-refractivity contribution in [2.24, 2.45) is 17.6 Å². The van der Waals surface area contributed by atoms with Gasteiger partial charge in [-0.05, 0) is 49.3 Å². The fourth-order valence-corrected chi connectivity index (χ4v) is 3.82. The molecular formula is C16H23FN2. The third-order valence-electron chi connectivity index (χ3n) is 5.08. The smallest absolute Gasteiger partial charge is 0.123 e. The molecule has 19 heavy (non-hydrogen) atoms. The SMILES string of the molecule is CC(c1ccc(F)cc1)N1CC2CCCC(N)C2C1. The first-order valence-corrected chi connectivity index (χ1v) is 7.40. The summed E-state index contributed by atoms with van der Waals surface area (Å²) in [5.41, 5.74) is 7.47. The lowest BCUT2D eigenvalue weighted by Gasteiger charge is -2.30. The van der Waals surface area contributed by atoms with Crippen LogP contribution in [0.25, 0.3) is 0 Å². The molecule has 2 aliphatic rings. The van der Waals surface area contributed by atoms with Crippen molar-refractivity contribution in [3.8, 4) is 0 Å². The van der Waals surface area contributed by atoms with E-state index in [0.717, 1.165) is 19.0 Å². The Balaban J connectivity index is 1.71. The molecule has 2 N–H and O–H groups in total. The summed E-state index contributed by atoms with van der Waals surface area (Å²) in [5, 5.41) is 0. The summed E-state index contributed by atoms with van der Waals surface area (Å²) in [6.45, 7) is 4.47. The van der Waals surface area contributed by atoms with Crippen molar-refractivity contribution in [2.75, 3.05) is 13.1 Å². The van der Waals surface area contributed by atoms with E-state index in [1.54, 1.807) is 12.1 Å². The zero-order valence-electron chi connectivity index (χ0n) is 11.6. The van der Waals surface area contributed by atoms with Gasteiger partial charge in [-0.3, -0.25) is 4.90 Å². The Morgan fingerprint density at radius 2 is 1.95 bits per heavy atom. The summed E-state index contributed by atoms with van der Waals surface area (Å²) in [6, 6.07) is 7.66.